The summed E-state index contributed by atoms with van der Waals surface area (Å²) in [5, 5.41) is 8.36. The van der Waals surface area contributed by atoms with E-state index in [1.807, 2.05) is 13.8 Å². The summed E-state index contributed by atoms with van der Waals surface area (Å²) < 4.78 is 0. The summed E-state index contributed by atoms with van der Waals surface area (Å²) in [7, 11) is 0. The van der Waals surface area contributed by atoms with Gasteiger partial charge in [0.15, 0.2) is 0 Å². The quantitative estimate of drug-likeness (QED) is 0.445. The Hall–Kier alpha value is 0.430. The van der Waals surface area contributed by atoms with Crippen LogP contribution in [0.1, 0.15) is 21.7 Å². The molecule has 0 bridgehead atoms. The van der Waals surface area contributed by atoms with Crippen molar-refractivity contribution in [2.75, 3.05) is 0 Å². The van der Waals surface area contributed by atoms with Gasteiger partial charge < -0.3 is 12.3 Å². The number of rotatable bonds is 3. The van der Waals surface area contributed by atoms with Crippen LogP contribution in [0, 0.1) is 5.92 Å². The van der Waals surface area contributed by atoms with Crippen LogP contribution in [0.5, 0.6) is 0 Å². The van der Waals surface area contributed by atoms with Gasteiger partial charge in [-0.05, 0) is 5.92 Å². The van der Waals surface area contributed by atoms with Crippen molar-refractivity contribution < 1.29 is 40.9 Å². The van der Waals surface area contributed by atoms with Crippen LogP contribution in [0.3, 0.4) is 0 Å². The number of carboxylic acid groups (broad SMARTS) is 1. The maximum Gasteiger partial charge on any atom is 1.00 e. The molecule has 56 valence electrons. The summed E-state index contributed by atoms with van der Waals surface area (Å²) in [6.07, 6.45) is 0.813. The van der Waals surface area contributed by atoms with Crippen LogP contribution in [0.2, 0.25) is 0 Å². The van der Waals surface area contributed by atoms with E-state index in [4.69, 9.17) is 10.8 Å². The van der Waals surface area contributed by atoms with Gasteiger partial charge in [-0.1, -0.05) is 20.3 Å². The summed E-state index contributed by atoms with van der Waals surface area (Å²) >= 11 is 0. The molecular weight excluding hydrogens is 141 g/mol. The van der Waals surface area contributed by atoms with E-state index in [1.54, 1.807) is 0 Å². The molecule has 0 rings (SSSR count). The molecule has 2 atom stereocenters. The van der Waals surface area contributed by atoms with Gasteiger partial charge in [0.05, 0.1) is 0 Å². The van der Waals surface area contributed by atoms with Gasteiger partial charge in [0, 0.05) is 0 Å². The van der Waals surface area contributed by atoms with Crippen molar-refractivity contribution >= 4 is 5.97 Å². The zero-order valence-electron chi connectivity index (χ0n) is 7.79. The molecule has 0 radical (unpaired) electrons. The Bertz CT molecular complexity index is 113. The summed E-state index contributed by atoms with van der Waals surface area (Å²) in [6.45, 7) is 3.76. The van der Waals surface area contributed by atoms with Crippen LogP contribution < -0.4 is 35.3 Å². The third-order valence-corrected chi connectivity index (χ3v) is 1.54. The first-order valence-electron chi connectivity index (χ1n) is 3.08. The van der Waals surface area contributed by atoms with Gasteiger partial charge in [-0.25, -0.2) is 0 Å². The van der Waals surface area contributed by atoms with Gasteiger partial charge in [0.25, 0.3) is 0 Å². The van der Waals surface area contributed by atoms with Crippen molar-refractivity contribution in [3.8, 4) is 0 Å². The number of aliphatic carboxylic acids is 1. The second-order valence-corrected chi connectivity index (χ2v) is 2.25. The van der Waals surface area contributed by atoms with E-state index < -0.39 is 12.0 Å². The molecule has 0 aliphatic rings. The largest absolute Gasteiger partial charge is 1.00 e. The second kappa shape index (κ2) is 6.16. The Morgan fingerprint density at radius 1 is 1.80 bits per heavy atom. The molecule has 0 fully saturated rings. The Morgan fingerprint density at radius 2 is 2.20 bits per heavy atom. The van der Waals surface area contributed by atoms with Gasteiger partial charge in [0.1, 0.15) is 6.04 Å². The summed E-state index contributed by atoms with van der Waals surface area (Å²) in [4.78, 5) is 10.2. The van der Waals surface area contributed by atoms with Crippen molar-refractivity contribution in [3.05, 3.63) is 0 Å². The Morgan fingerprint density at radius 3 is 2.30 bits per heavy atom. The predicted molar refractivity (Wildman–Crippen MR) is 36.2 cm³/mol. The molecule has 2 unspecified atom stereocenters. The molecule has 4 heteroatoms. The van der Waals surface area contributed by atoms with Crippen LogP contribution >= 0.6 is 0 Å². The minimum absolute atomic E-state index is 0. The van der Waals surface area contributed by atoms with Gasteiger partial charge in [-0.2, -0.15) is 0 Å². The first-order valence-corrected chi connectivity index (χ1v) is 3.08. The molecular formula is C6H14NNaO2. The molecule has 0 aromatic heterocycles. The molecule has 3 N–H and O–H groups in total. The maximum absolute atomic E-state index is 10.2. The number of carboxylic acids is 1. The second-order valence-electron chi connectivity index (χ2n) is 2.25. The average molecular weight is 155 g/mol. The Balaban J connectivity index is -0.000000320. The van der Waals surface area contributed by atoms with E-state index in [-0.39, 0.29) is 36.9 Å². The van der Waals surface area contributed by atoms with E-state index in [9.17, 15) is 4.79 Å². The molecule has 0 saturated heterocycles. The minimum Gasteiger partial charge on any atom is -1.00 e. The first kappa shape index (κ1) is 13.1. The molecule has 0 spiro atoms. The Labute approximate surface area is 84.8 Å². The van der Waals surface area contributed by atoms with Crippen LogP contribution in [0.4, 0.5) is 0 Å². The molecule has 0 saturated carbocycles. The molecule has 0 aromatic carbocycles. The van der Waals surface area contributed by atoms with Crippen LogP contribution in [0.15, 0.2) is 0 Å². The monoisotopic (exact) mass is 155 g/mol. The number of carbonyl (C=O) groups is 1. The SMILES string of the molecule is CCC(C)C(N)C(=O)O.[H-].[Na+]. The predicted octanol–water partition coefficient (Wildman–Crippen LogP) is -2.44. The van der Waals surface area contributed by atoms with Crippen molar-refractivity contribution in [1.29, 1.82) is 0 Å². The van der Waals surface area contributed by atoms with Gasteiger partial charge in [0.2, 0.25) is 0 Å². The molecule has 0 aliphatic carbocycles. The van der Waals surface area contributed by atoms with Crippen LogP contribution in [0.25, 0.3) is 0 Å². The van der Waals surface area contributed by atoms with E-state index in [1.165, 1.54) is 0 Å². The zero-order valence-corrected chi connectivity index (χ0v) is 8.79. The molecule has 0 heterocycles. The molecule has 3 nitrogen and oxygen atoms in total. The molecule has 10 heavy (non-hydrogen) atoms. The third kappa shape index (κ3) is 4.28. The topological polar surface area (TPSA) is 63.3 Å². The number of nitrogens with two attached hydrogens (primary N) is 1. The average Bonchev–Trinajstić information content (AvgIpc) is 1.84. The first-order chi connectivity index (χ1) is 4.09. The normalized spacial score (nSPS) is 15.1. The fourth-order valence-corrected chi connectivity index (χ4v) is 0.497. The van der Waals surface area contributed by atoms with E-state index in [0.29, 0.717) is 0 Å². The Kier molecular flexibility index (Phi) is 8.04. The standard InChI is InChI=1S/C6H13NO2.Na.H/c1-3-4(2)5(7)6(8)9;;/h4-5H,3,7H2,1-2H3,(H,8,9);;/q;+1;-1. The number of hydrogen-bond acceptors (Lipinski definition) is 2. The fourth-order valence-electron chi connectivity index (χ4n) is 0.497. The maximum atomic E-state index is 10.2. The fraction of sp³-hybridized carbons (Fsp3) is 0.833. The van der Waals surface area contributed by atoms with Gasteiger partial charge in [-0.3, -0.25) is 4.79 Å². The van der Waals surface area contributed by atoms with E-state index in [0.717, 1.165) is 6.42 Å². The molecule has 0 aliphatic heterocycles. The van der Waals surface area contributed by atoms with Gasteiger partial charge in [-0.15, -0.1) is 0 Å². The smallest absolute Gasteiger partial charge is 1.00 e. The zero-order chi connectivity index (χ0) is 7.44. The van der Waals surface area contributed by atoms with E-state index in [2.05, 4.69) is 0 Å². The van der Waals surface area contributed by atoms with Crippen LogP contribution in [-0.4, -0.2) is 17.1 Å². The summed E-state index contributed by atoms with van der Waals surface area (Å²) in [5.41, 5.74) is 5.27. The van der Waals surface area contributed by atoms with Gasteiger partial charge >= 0.3 is 35.5 Å². The third-order valence-electron chi connectivity index (χ3n) is 1.54. The molecule has 0 aromatic rings. The minimum atomic E-state index is -0.913. The summed E-state index contributed by atoms with van der Waals surface area (Å²) in [6, 6.07) is -0.699. The van der Waals surface area contributed by atoms with E-state index >= 15 is 0 Å². The van der Waals surface area contributed by atoms with Crippen molar-refractivity contribution in [2.24, 2.45) is 11.7 Å². The number of hydrogen-bond donors (Lipinski definition) is 2. The summed E-state index contributed by atoms with van der Waals surface area (Å²) in [5.74, 6) is -0.841. The molecule has 0 amide bonds. The van der Waals surface area contributed by atoms with Crippen molar-refractivity contribution in [3.63, 3.8) is 0 Å². The van der Waals surface area contributed by atoms with Crippen molar-refractivity contribution in [2.45, 2.75) is 26.3 Å². The van der Waals surface area contributed by atoms with Crippen molar-refractivity contribution in [1.82, 2.24) is 0 Å². The van der Waals surface area contributed by atoms with Crippen LogP contribution in [-0.2, 0) is 4.79 Å².